The van der Waals surface area contributed by atoms with Crippen LogP contribution in [0.15, 0.2) is 48.7 Å². The summed E-state index contributed by atoms with van der Waals surface area (Å²) in [5.41, 5.74) is 3.22. The van der Waals surface area contributed by atoms with Crippen molar-refractivity contribution in [1.82, 2.24) is 19.9 Å². The second-order valence-corrected chi connectivity index (χ2v) is 13.6. The van der Waals surface area contributed by atoms with E-state index in [0.717, 1.165) is 21.3 Å². The highest BCUT2D eigenvalue weighted by Crippen LogP contribution is 2.41. The lowest BCUT2D eigenvalue weighted by Gasteiger charge is -2.36. The minimum Gasteiger partial charge on any atom is -0.497 e. The van der Waals surface area contributed by atoms with E-state index in [4.69, 9.17) is 19.4 Å². The van der Waals surface area contributed by atoms with Crippen molar-refractivity contribution < 1.29 is 22.3 Å². The standard InChI is InChI=1S/C30H36FN7O4S2/c1-5-32-30-36-27(20-16-22(41-2)19-23(17-20)42-3)28(43-30)25-8-9-33-29(35-25)34-21-6-7-26(24(31)18-21)38-12-10-37(11-13-38)14-15-44(4,39)40/h6-9,16-19H,5,10-15H2,1-4H3,(H,32,36)(H,33,34,35). The van der Waals surface area contributed by atoms with E-state index in [1.807, 2.05) is 30.0 Å². The number of nitrogens with zero attached hydrogens (tertiary/aromatic N) is 5. The molecule has 0 spiro atoms. The Balaban J connectivity index is 1.34. The van der Waals surface area contributed by atoms with Gasteiger partial charge in [-0.3, -0.25) is 4.90 Å². The number of benzene rings is 2. The number of methoxy groups -OCH3 is 2. The zero-order valence-electron chi connectivity index (χ0n) is 25.1. The summed E-state index contributed by atoms with van der Waals surface area (Å²) in [7, 11) is 0.194. The van der Waals surface area contributed by atoms with E-state index in [-0.39, 0.29) is 11.6 Å². The molecule has 3 heterocycles. The van der Waals surface area contributed by atoms with Crippen LogP contribution < -0.4 is 25.0 Å². The van der Waals surface area contributed by atoms with Crippen LogP contribution in [0.1, 0.15) is 6.92 Å². The van der Waals surface area contributed by atoms with E-state index < -0.39 is 9.84 Å². The summed E-state index contributed by atoms with van der Waals surface area (Å²) < 4.78 is 49.2. The van der Waals surface area contributed by atoms with Gasteiger partial charge in [0.2, 0.25) is 5.95 Å². The van der Waals surface area contributed by atoms with Gasteiger partial charge in [0.15, 0.2) is 5.13 Å². The van der Waals surface area contributed by atoms with Crippen LogP contribution in [0.25, 0.3) is 21.8 Å². The van der Waals surface area contributed by atoms with Crippen LogP contribution in [0.4, 0.5) is 26.8 Å². The van der Waals surface area contributed by atoms with Crippen LogP contribution >= 0.6 is 11.3 Å². The number of sulfone groups is 1. The minimum atomic E-state index is -3.01. The Labute approximate surface area is 261 Å². The lowest BCUT2D eigenvalue weighted by molar-refractivity contribution is 0.271. The second-order valence-electron chi connectivity index (χ2n) is 10.3. The Morgan fingerprint density at radius 1 is 1.00 bits per heavy atom. The van der Waals surface area contributed by atoms with Crippen molar-refractivity contribution >= 4 is 43.6 Å². The van der Waals surface area contributed by atoms with E-state index in [2.05, 4.69) is 20.5 Å². The molecule has 4 aromatic rings. The molecule has 2 N–H and O–H groups in total. The second kappa shape index (κ2) is 13.7. The minimum absolute atomic E-state index is 0.127. The highest BCUT2D eigenvalue weighted by atomic mass is 32.2. The van der Waals surface area contributed by atoms with Gasteiger partial charge in [-0.25, -0.2) is 27.8 Å². The van der Waals surface area contributed by atoms with Gasteiger partial charge in [-0.1, -0.05) is 11.3 Å². The van der Waals surface area contributed by atoms with Gasteiger partial charge in [0.05, 0.1) is 41.9 Å². The fourth-order valence-corrected chi connectivity index (χ4v) is 6.50. The summed E-state index contributed by atoms with van der Waals surface area (Å²) in [5.74, 6) is 1.38. The number of nitrogens with one attached hydrogen (secondary N) is 2. The van der Waals surface area contributed by atoms with Crippen molar-refractivity contribution in [3.05, 3.63) is 54.5 Å². The van der Waals surface area contributed by atoms with Gasteiger partial charge >= 0.3 is 0 Å². The molecule has 11 nitrogen and oxygen atoms in total. The smallest absolute Gasteiger partial charge is 0.227 e. The molecule has 1 aliphatic heterocycles. The summed E-state index contributed by atoms with van der Waals surface area (Å²) in [6.07, 6.45) is 2.90. The molecule has 5 rings (SSSR count). The lowest BCUT2D eigenvalue weighted by Crippen LogP contribution is -2.47. The van der Waals surface area contributed by atoms with Crippen molar-refractivity contribution in [3.8, 4) is 33.3 Å². The molecule has 14 heteroatoms. The molecule has 0 aliphatic carbocycles. The normalized spacial score (nSPS) is 14.0. The Bertz CT molecular complexity index is 1690. The van der Waals surface area contributed by atoms with Crippen molar-refractivity contribution in [3.63, 3.8) is 0 Å². The van der Waals surface area contributed by atoms with Crippen LogP contribution in [-0.2, 0) is 9.84 Å². The third kappa shape index (κ3) is 7.73. The van der Waals surface area contributed by atoms with Gasteiger partial charge in [-0.2, -0.15) is 0 Å². The molecule has 2 aromatic heterocycles. The Morgan fingerprint density at radius 3 is 2.36 bits per heavy atom. The van der Waals surface area contributed by atoms with E-state index in [1.165, 1.54) is 23.7 Å². The van der Waals surface area contributed by atoms with Crippen molar-refractivity contribution in [2.45, 2.75) is 6.92 Å². The fourth-order valence-electron chi connectivity index (χ4n) is 4.88. The van der Waals surface area contributed by atoms with Gasteiger partial charge in [0.25, 0.3) is 0 Å². The summed E-state index contributed by atoms with van der Waals surface area (Å²) in [5, 5.41) is 7.17. The van der Waals surface area contributed by atoms with Gasteiger partial charge in [-0.05, 0) is 43.3 Å². The molecule has 0 radical (unpaired) electrons. The zero-order chi connectivity index (χ0) is 31.3. The molecule has 0 bridgehead atoms. The third-order valence-corrected chi connectivity index (χ3v) is 9.12. The first-order valence-corrected chi connectivity index (χ1v) is 17.1. The Hall–Kier alpha value is -4.01. The topological polar surface area (TPSA) is 122 Å². The SMILES string of the molecule is CCNc1nc(-c2cc(OC)cc(OC)c2)c(-c2ccnc(Nc3ccc(N4CCN(CCS(C)(=O)=O)CC4)c(F)c3)n2)s1. The lowest BCUT2D eigenvalue weighted by atomic mass is 10.1. The number of thiazole rings is 1. The molecule has 2 aromatic carbocycles. The molecule has 1 saturated heterocycles. The molecular formula is C30H36FN7O4S2. The van der Waals surface area contributed by atoms with Crippen LogP contribution in [0, 0.1) is 5.82 Å². The van der Waals surface area contributed by atoms with E-state index in [1.54, 1.807) is 38.6 Å². The monoisotopic (exact) mass is 641 g/mol. The highest BCUT2D eigenvalue weighted by molar-refractivity contribution is 7.90. The fraction of sp³-hybridized carbons (Fsp3) is 0.367. The molecule has 0 unspecified atom stereocenters. The molecule has 0 amide bonds. The zero-order valence-corrected chi connectivity index (χ0v) is 26.8. The van der Waals surface area contributed by atoms with Crippen LogP contribution in [0.5, 0.6) is 11.5 Å². The largest absolute Gasteiger partial charge is 0.497 e. The number of hydrogen-bond acceptors (Lipinski definition) is 12. The first kappa shape index (κ1) is 31.4. The third-order valence-electron chi connectivity index (χ3n) is 7.16. The van der Waals surface area contributed by atoms with E-state index in [0.29, 0.717) is 73.8 Å². The maximum Gasteiger partial charge on any atom is 0.227 e. The van der Waals surface area contributed by atoms with Crippen molar-refractivity contribution in [2.24, 2.45) is 0 Å². The summed E-state index contributed by atoms with van der Waals surface area (Å²) in [6.45, 7) is 5.79. The summed E-state index contributed by atoms with van der Waals surface area (Å²) in [6, 6.07) is 12.4. The summed E-state index contributed by atoms with van der Waals surface area (Å²) >= 11 is 1.48. The van der Waals surface area contributed by atoms with Gasteiger partial charge < -0.3 is 25.0 Å². The number of piperazine rings is 1. The molecule has 0 saturated carbocycles. The molecule has 234 valence electrons. The number of ether oxygens (including phenoxy) is 2. The number of anilines is 4. The van der Waals surface area contributed by atoms with Gasteiger partial charge in [0.1, 0.15) is 27.2 Å². The van der Waals surface area contributed by atoms with Crippen LogP contribution in [0.2, 0.25) is 0 Å². The molecule has 1 aliphatic rings. The molecule has 1 fully saturated rings. The number of rotatable bonds is 12. The Kier molecular flexibility index (Phi) is 9.81. The number of halogens is 1. The van der Waals surface area contributed by atoms with Crippen LogP contribution in [-0.4, -0.2) is 93.8 Å². The van der Waals surface area contributed by atoms with Gasteiger partial charge in [0, 0.05) is 69.0 Å². The highest BCUT2D eigenvalue weighted by Gasteiger charge is 2.21. The maximum absolute atomic E-state index is 15.3. The molecular weight excluding hydrogens is 606 g/mol. The van der Waals surface area contributed by atoms with Crippen molar-refractivity contribution in [1.29, 1.82) is 0 Å². The average Bonchev–Trinajstić information content (AvgIpc) is 3.44. The van der Waals surface area contributed by atoms with E-state index >= 15 is 4.39 Å². The first-order valence-electron chi connectivity index (χ1n) is 14.2. The maximum atomic E-state index is 15.3. The van der Waals surface area contributed by atoms with Crippen molar-refractivity contribution in [2.75, 3.05) is 81.0 Å². The molecule has 0 atom stereocenters. The number of hydrogen-bond donors (Lipinski definition) is 2. The molecule has 44 heavy (non-hydrogen) atoms. The van der Waals surface area contributed by atoms with Crippen LogP contribution in [0.3, 0.4) is 0 Å². The summed E-state index contributed by atoms with van der Waals surface area (Å²) in [4.78, 5) is 18.9. The number of aromatic nitrogens is 3. The quantitative estimate of drug-likeness (QED) is 0.223. The Morgan fingerprint density at radius 2 is 1.73 bits per heavy atom. The van der Waals surface area contributed by atoms with E-state index in [9.17, 15) is 8.42 Å². The van der Waals surface area contributed by atoms with Gasteiger partial charge in [-0.15, -0.1) is 0 Å². The first-order chi connectivity index (χ1) is 21.1. The predicted molar refractivity (Wildman–Crippen MR) is 174 cm³/mol. The predicted octanol–water partition coefficient (Wildman–Crippen LogP) is 4.77. The average molecular weight is 642 g/mol.